The van der Waals surface area contributed by atoms with Gasteiger partial charge >= 0.3 is 0 Å². The molecule has 148 valence electrons. The third kappa shape index (κ3) is 7.31. The van der Waals surface area contributed by atoms with Crippen LogP contribution in [0.1, 0.15) is 32.3 Å². The molecule has 0 amide bonds. The minimum atomic E-state index is 0. The molecule has 2 rings (SSSR count). The predicted octanol–water partition coefficient (Wildman–Crippen LogP) is 3.14. The number of para-hydroxylation sites is 1. The Morgan fingerprint density at radius 2 is 1.96 bits per heavy atom. The van der Waals surface area contributed by atoms with Gasteiger partial charge in [0.05, 0.1) is 7.11 Å². The van der Waals surface area contributed by atoms with E-state index in [1.807, 2.05) is 25.2 Å². The lowest BCUT2D eigenvalue weighted by Crippen LogP contribution is -2.48. The highest BCUT2D eigenvalue weighted by molar-refractivity contribution is 14.0. The zero-order valence-electron chi connectivity index (χ0n) is 16.6. The highest BCUT2D eigenvalue weighted by Gasteiger charge is 2.20. The van der Waals surface area contributed by atoms with Crippen LogP contribution in [0.4, 0.5) is 0 Å². The number of aliphatic imine (C=N–C) groups is 1. The Labute approximate surface area is 176 Å². The van der Waals surface area contributed by atoms with Crippen LogP contribution < -0.4 is 15.4 Å². The molecule has 26 heavy (non-hydrogen) atoms. The van der Waals surface area contributed by atoms with Crippen molar-refractivity contribution in [2.24, 2.45) is 10.9 Å². The van der Waals surface area contributed by atoms with Gasteiger partial charge in [0, 0.05) is 26.2 Å². The number of ether oxygens (including phenoxy) is 1. The third-order valence-electron chi connectivity index (χ3n) is 5.11. The molecule has 2 N–H and O–H groups in total. The number of likely N-dealkylation sites (tertiary alicyclic amines) is 1. The highest BCUT2D eigenvalue weighted by atomic mass is 127. The standard InChI is InChI=1S/C20H34N4O.HI/c1-16-10-13-24(14-11-16)17(2)15-23-20(21-3)22-12-9-18-7-5-6-8-19(18)25-4;/h5-8,16-17H,9-15H2,1-4H3,(H2,21,22,23);1H. The lowest BCUT2D eigenvalue weighted by atomic mass is 9.98. The van der Waals surface area contributed by atoms with E-state index in [1.165, 1.54) is 31.5 Å². The van der Waals surface area contributed by atoms with Crippen molar-refractivity contribution < 1.29 is 4.74 Å². The smallest absolute Gasteiger partial charge is 0.191 e. The maximum Gasteiger partial charge on any atom is 0.191 e. The fraction of sp³-hybridized carbons (Fsp3) is 0.650. The van der Waals surface area contributed by atoms with E-state index in [1.54, 1.807) is 7.11 Å². The van der Waals surface area contributed by atoms with E-state index in [9.17, 15) is 0 Å². The predicted molar refractivity (Wildman–Crippen MR) is 121 cm³/mol. The van der Waals surface area contributed by atoms with E-state index in [4.69, 9.17) is 4.74 Å². The topological polar surface area (TPSA) is 48.9 Å². The number of rotatable bonds is 7. The molecule has 0 aromatic heterocycles. The number of hydrogen-bond acceptors (Lipinski definition) is 3. The second-order valence-corrected chi connectivity index (χ2v) is 7.01. The van der Waals surface area contributed by atoms with Gasteiger partial charge in [-0.3, -0.25) is 9.89 Å². The zero-order valence-corrected chi connectivity index (χ0v) is 19.0. The van der Waals surface area contributed by atoms with E-state index in [-0.39, 0.29) is 24.0 Å². The summed E-state index contributed by atoms with van der Waals surface area (Å²) in [7, 11) is 3.54. The fourth-order valence-corrected chi connectivity index (χ4v) is 3.29. The van der Waals surface area contributed by atoms with Crippen LogP contribution in [0.15, 0.2) is 29.3 Å². The average molecular weight is 474 g/mol. The molecule has 5 nitrogen and oxygen atoms in total. The van der Waals surface area contributed by atoms with Crippen LogP contribution in [0.2, 0.25) is 0 Å². The summed E-state index contributed by atoms with van der Waals surface area (Å²) in [5, 5.41) is 6.86. The quantitative estimate of drug-likeness (QED) is 0.362. The van der Waals surface area contributed by atoms with Gasteiger partial charge in [-0.25, -0.2) is 0 Å². The zero-order chi connectivity index (χ0) is 18.1. The van der Waals surface area contributed by atoms with Gasteiger partial charge in [-0.05, 0) is 56.8 Å². The minimum Gasteiger partial charge on any atom is -0.496 e. The van der Waals surface area contributed by atoms with Crippen LogP contribution in [0.25, 0.3) is 0 Å². The first kappa shape index (κ1) is 23.0. The van der Waals surface area contributed by atoms with E-state index >= 15 is 0 Å². The van der Waals surface area contributed by atoms with Crippen molar-refractivity contribution >= 4 is 29.9 Å². The molecule has 1 atom stereocenters. The fourth-order valence-electron chi connectivity index (χ4n) is 3.29. The number of piperidine rings is 1. The van der Waals surface area contributed by atoms with Crippen LogP contribution in [-0.2, 0) is 6.42 Å². The summed E-state index contributed by atoms with van der Waals surface area (Å²) >= 11 is 0. The first-order valence-electron chi connectivity index (χ1n) is 9.44. The molecule has 0 aliphatic carbocycles. The summed E-state index contributed by atoms with van der Waals surface area (Å²) in [4.78, 5) is 6.91. The monoisotopic (exact) mass is 474 g/mol. The van der Waals surface area contributed by atoms with Crippen molar-refractivity contribution in [2.75, 3.05) is 40.3 Å². The number of nitrogens with one attached hydrogen (secondary N) is 2. The van der Waals surface area contributed by atoms with Crippen LogP contribution in [0, 0.1) is 5.92 Å². The van der Waals surface area contributed by atoms with Crippen molar-refractivity contribution in [1.29, 1.82) is 0 Å². The average Bonchev–Trinajstić information content (AvgIpc) is 2.65. The number of nitrogens with zero attached hydrogens (tertiary/aromatic N) is 2. The molecule has 1 unspecified atom stereocenters. The molecule has 0 radical (unpaired) electrons. The van der Waals surface area contributed by atoms with Crippen LogP contribution in [0.3, 0.4) is 0 Å². The Hall–Kier alpha value is -1.02. The van der Waals surface area contributed by atoms with Gasteiger partial charge in [0.1, 0.15) is 5.75 Å². The summed E-state index contributed by atoms with van der Waals surface area (Å²) in [6.45, 7) is 8.82. The van der Waals surface area contributed by atoms with Gasteiger partial charge in [-0.15, -0.1) is 24.0 Å². The van der Waals surface area contributed by atoms with Crippen LogP contribution in [0.5, 0.6) is 5.75 Å². The molecule has 1 aromatic carbocycles. The van der Waals surface area contributed by atoms with Gasteiger partial charge in [-0.2, -0.15) is 0 Å². The Kier molecular flexibility index (Phi) is 11.0. The van der Waals surface area contributed by atoms with Crippen molar-refractivity contribution in [3.63, 3.8) is 0 Å². The summed E-state index contributed by atoms with van der Waals surface area (Å²) < 4.78 is 5.40. The molecule has 6 heteroatoms. The Morgan fingerprint density at radius 1 is 1.27 bits per heavy atom. The van der Waals surface area contributed by atoms with E-state index in [0.29, 0.717) is 6.04 Å². The SMILES string of the molecule is CN=C(NCCc1ccccc1OC)NCC(C)N1CCC(C)CC1.I. The Balaban J connectivity index is 0.00000338. The molecule has 0 bridgehead atoms. The molecule has 1 aliphatic heterocycles. The molecular formula is C20H35IN4O. The molecule has 1 fully saturated rings. The number of methoxy groups -OCH3 is 1. The van der Waals surface area contributed by atoms with Crippen molar-refractivity contribution in [1.82, 2.24) is 15.5 Å². The minimum absolute atomic E-state index is 0. The van der Waals surface area contributed by atoms with Crippen molar-refractivity contribution in [3.05, 3.63) is 29.8 Å². The number of hydrogen-bond donors (Lipinski definition) is 2. The first-order valence-corrected chi connectivity index (χ1v) is 9.44. The molecule has 1 aromatic rings. The second kappa shape index (κ2) is 12.4. The molecule has 1 heterocycles. The van der Waals surface area contributed by atoms with Gasteiger partial charge in [-0.1, -0.05) is 25.1 Å². The van der Waals surface area contributed by atoms with Gasteiger partial charge in [0.25, 0.3) is 0 Å². The van der Waals surface area contributed by atoms with E-state index in [2.05, 4.69) is 40.4 Å². The second-order valence-electron chi connectivity index (χ2n) is 7.01. The van der Waals surface area contributed by atoms with Gasteiger partial charge in [0.15, 0.2) is 5.96 Å². The molecular weight excluding hydrogens is 439 g/mol. The van der Waals surface area contributed by atoms with E-state index < -0.39 is 0 Å². The van der Waals surface area contributed by atoms with Crippen molar-refractivity contribution in [3.8, 4) is 5.75 Å². The maximum atomic E-state index is 5.40. The lowest BCUT2D eigenvalue weighted by molar-refractivity contribution is 0.147. The van der Waals surface area contributed by atoms with E-state index in [0.717, 1.165) is 37.1 Å². The van der Waals surface area contributed by atoms with Crippen molar-refractivity contribution in [2.45, 2.75) is 39.2 Å². The van der Waals surface area contributed by atoms with Crippen LogP contribution >= 0.6 is 24.0 Å². The lowest BCUT2D eigenvalue weighted by Gasteiger charge is -2.35. The third-order valence-corrected chi connectivity index (χ3v) is 5.11. The summed E-state index contributed by atoms with van der Waals surface area (Å²) in [5.41, 5.74) is 1.21. The number of guanidine groups is 1. The Morgan fingerprint density at radius 3 is 2.62 bits per heavy atom. The number of halogens is 1. The molecule has 0 saturated carbocycles. The summed E-state index contributed by atoms with van der Waals surface area (Å²) in [6.07, 6.45) is 3.54. The summed E-state index contributed by atoms with van der Waals surface area (Å²) in [5.74, 6) is 2.69. The van der Waals surface area contributed by atoms with Gasteiger partial charge < -0.3 is 15.4 Å². The van der Waals surface area contributed by atoms with Gasteiger partial charge in [0.2, 0.25) is 0 Å². The highest BCUT2D eigenvalue weighted by Crippen LogP contribution is 2.18. The molecule has 0 spiro atoms. The largest absolute Gasteiger partial charge is 0.496 e. The normalized spacial score (nSPS) is 17.3. The molecule has 1 saturated heterocycles. The Bertz CT molecular complexity index is 544. The maximum absolute atomic E-state index is 5.40. The number of benzene rings is 1. The first-order chi connectivity index (χ1) is 12.1. The molecule has 1 aliphatic rings. The summed E-state index contributed by atoms with van der Waals surface area (Å²) in [6, 6.07) is 8.69. The van der Waals surface area contributed by atoms with Crippen LogP contribution in [-0.4, -0.2) is 57.2 Å².